The molecule has 7 heteroatoms. The third kappa shape index (κ3) is 6.44. The van der Waals surface area contributed by atoms with Crippen molar-refractivity contribution in [2.75, 3.05) is 6.61 Å². The van der Waals surface area contributed by atoms with Crippen molar-refractivity contribution in [1.82, 2.24) is 15.3 Å². The lowest BCUT2D eigenvalue weighted by molar-refractivity contribution is 0.0408. The largest absolute Gasteiger partial charge is 0.490 e. The van der Waals surface area contributed by atoms with E-state index in [1.54, 1.807) is 24.5 Å². The van der Waals surface area contributed by atoms with Crippen LogP contribution >= 0.6 is 0 Å². The molecule has 0 fully saturated rings. The number of carbonyl (C=O) groups excluding carboxylic acids is 1. The van der Waals surface area contributed by atoms with Gasteiger partial charge in [0.1, 0.15) is 24.0 Å². The first-order valence-corrected chi connectivity index (χ1v) is 11.4. The van der Waals surface area contributed by atoms with Gasteiger partial charge in [-0.2, -0.15) is 5.26 Å². The lowest BCUT2D eigenvalue weighted by Crippen LogP contribution is -2.52. The zero-order valence-corrected chi connectivity index (χ0v) is 20.7. The molecule has 0 aliphatic carbocycles. The van der Waals surface area contributed by atoms with Crippen molar-refractivity contribution in [1.29, 1.82) is 5.26 Å². The average molecular weight is 461 g/mol. The van der Waals surface area contributed by atoms with Gasteiger partial charge in [0, 0.05) is 18.0 Å². The molecule has 0 spiro atoms. The Morgan fingerprint density at radius 2 is 1.88 bits per heavy atom. The summed E-state index contributed by atoms with van der Waals surface area (Å²) >= 11 is 0. The molecule has 7 nitrogen and oxygen atoms in total. The Morgan fingerprint density at radius 1 is 1.12 bits per heavy atom. The molecule has 0 saturated heterocycles. The van der Waals surface area contributed by atoms with Crippen molar-refractivity contribution in [2.45, 2.75) is 59.1 Å². The van der Waals surface area contributed by atoms with E-state index in [2.05, 4.69) is 35.2 Å². The molecular formula is C27H32N4O3. The van der Waals surface area contributed by atoms with Crippen molar-refractivity contribution < 1.29 is 14.3 Å². The van der Waals surface area contributed by atoms with E-state index in [0.717, 1.165) is 22.2 Å². The molecule has 0 bridgehead atoms. The van der Waals surface area contributed by atoms with Gasteiger partial charge in [-0.3, -0.25) is 9.97 Å². The number of pyridine rings is 2. The van der Waals surface area contributed by atoms with Crippen LogP contribution in [0, 0.1) is 17.2 Å². The number of amides is 1. The van der Waals surface area contributed by atoms with Crippen LogP contribution in [0.4, 0.5) is 4.79 Å². The molecule has 34 heavy (non-hydrogen) atoms. The molecule has 0 radical (unpaired) electrons. The first kappa shape index (κ1) is 25.0. The first-order chi connectivity index (χ1) is 16.0. The smallest absolute Gasteiger partial charge is 0.408 e. The number of rotatable bonds is 7. The summed E-state index contributed by atoms with van der Waals surface area (Å²) in [5.74, 6) is 0.771. The standard InChI is InChI=1S/C27H32N4O3/c1-18(2)15-27(6,31-25(32)34-26(3,4)5)17-33-23-10-9-19(14-20(23)16-28)21-11-13-29-22-8-7-12-30-24(21)22/h7-14,18H,15,17H2,1-6H3,(H,31,32). The van der Waals surface area contributed by atoms with E-state index in [1.165, 1.54) is 0 Å². The third-order valence-corrected chi connectivity index (χ3v) is 5.12. The van der Waals surface area contributed by atoms with Gasteiger partial charge in [0.05, 0.1) is 22.1 Å². The van der Waals surface area contributed by atoms with Crippen LogP contribution in [0.5, 0.6) is 5.75 Å². The highest BCUT2D eigenvalue weighted by molar-refractivity contribution is 5.91. The maximum atomic E-state index is 12.4. The highest BCUT2D eigenvalue weighted by atomic mass is 16.6. The molecule has 3 rings (SSSR count). The van der Waals surface area contributed by atoms with E-state index >= 15 is 0 Å². The minimum absolute atomic E-state index is 0.193. The van der Waals surface area contributed by atoms with Crippen molar-refractivity contribution in [3.63, 3.8) is 0 Å². The molecule has 1 aromatic carbocycles. The summed E-state index contributed by atoms with van der Waals surface area (Å²) < 4.78 is 11.5. The van der Waals surface area contributed by atoms with Gasteiger partial charge in [0.15, 0.2) is 0 Å². The lowest BCUT2D eigenvalue weighted by atomic mass is 9.91. The lowest BCUT2D eigenvalue weighted by Gasteiger charge is -2.33. The van der Waals surface area contributed by atoms with Crippen molar-refractivity contribution in [2.24, 2.45) is 5.92 Å². The van der Waals surface area contributed by atoms with Crippen molar-refractivity contribution in [3.05, 3.63) is 54.4 Å². The Hall–Kier alpha value is -3.66. The first-order valence-electron chi connectivity index (χ1n) is 11.4. The van der Waals surface area contributed by atoms with E-state index in [1.807, 2.05) is 52.0 Å². The van der Waals surface area contributed by atoms with Crippen LogP contribution in [0.1, 0.15) is 53.5 Å². The molecule has 2 heterocycles. The van der Waals surface area contributed by atoms with Crippen LogP contribution in [-0.4, -0.2) is 33.8 Å². The number of nitrogens with zero attached hydrogens (tertiary/aromatic N) is 3. The van der Waals surface area contributed by atoms with Gasteiger partial charge < -0.3 is 14.8 Å². The van der Waals surface area contributed by atoms with Crippen LogP contribution < -0.4 is 10.1 Å². The second-order valence-electron chi connectivity index (χ2n) is 10.1. The second-order valence-corrected chi connectivity index (χ2v) is 10.1. The van der Waals surface area contributed by atoms with Gasteiger partial charge in [-0.25, -0.2) is 4.79 Å². The second kappa shape index (κ2) is 10.1. The predicted octanol–water partition coefficient (Wildman–Crippen LogP) is 5.88. The van der Waals surface area contributed by atoms with Gasteiger partial charge in [-0.15, -0.1) is 0 Å². The summed E-state index contributed by atoms with van der Waals surface area (Å²) in [7, 11) is 0. The van der Waals surface area contributed by atoms with Gasteiger partial charge >= 0.3 is 6.09 Å². The minimum Gasteiger partial charge on any atom is -0.490 e. The van der Waals surface area contributed by atoms with Crippen LogP contribution in [0.3, 0.4) is 0 Å². The number of hydrogen-bond donors (Lipinski definition) is 1. The molecule has 1 atom stereocenters. The Kier molecular flexibility index (Phi) is 7.41. The molecule has 3 aromatic rings. The maximum Gasteiger partial charge on any atom is 0.408 e. The monoisotopic (exact) mass is 460 g/mol. The summed E-state index contributed by atoms with van der Waals surface area (Å²) in [6.45, 7) is 11.8. The molecule has 1 amide bonds. The molecule has 2 aromatic heterocycles. The summed E-state index contributed by atoms with van der Waals surface area (Å²) in [4.78, 5) is 21.3. The number of carbonyl (C=O) groups is 1. The fourth-order valence-corrected chi connectivity index (χ4v) is 3.96. The molecule has 0 aliphatic heterocycles. The highest BCUT2D eigenvalue weighted by Crippen LogP contribution is 2.30. The number of nitriles is 1. The van der Waals surface area contributed by atoms with Crippen LogP contribution in [0.2, 0.25) is 0 Å². The van der Waals surface area contributed by atoms with E-state index in [0.29, 0.717) is 23.7 Å². The zero-order valence-electron chi connectivity index (χ0n) is 20.7. The number of benzene rings is 1. The molecule has 178 valence electrons. The summed E-state index contributed by atoms with van der Waals surface area (Å²) in [6, 6.07) is 13.3. The van der Waals surface area contributed by atoms with Gasteiger partial charge in [-0.05, 0) is 75.9 Å². The Morgan fingerprint density at radius 3 is 2.56 bits per heavy atom. The molecule has 1 unspecified atom stereocenters. The molecule has 0 aliphatic rings. The number of nitrogens with one attached hydrogen (secondary N) is 1. The zero-order chi connectivity index (χ0) is 24.9. The molecule has 1 N–H and O–H groups in total. The van der Waals surface area contributed by atoms with Gasteiger partial charge in [0.25, 0.3) is 0 Å². The maximum absolute atomic E-state index is 12.4. The van der Waals surface area contributed by atoms with E-state index in [9.17, 15) is 10.1 Å². The Balaban J connectivity index is 1.84. The van der Waals surface area contributed by atoms with E-state index < -0.39 is 17.2 Å². The third-order valence-electron chi connectivity index (χ3n) is 5.12. The number of alkyl carbamates (subject to hydrolysis) is 1. The Labute approximate surface area is 201 Å². The Bertz CT molecular complexity index is 1210. The summed E-state index contributed by atoms with van der Waals surface area (Å²) in [5, 5.41) is 12.8. The van der Waals surface area contributed by atoms with Gasteiger partial charge in [0.2, 0.25) is 0 Å². The minimum atomic E-state index is -0.673. The number of aromatic nitrogens is 2. The normalized spacial score (nSPS) is 13.2. The van der Waals surface area contributed by atoms with Crippen LogP contribution in [-0.2, 0) is 4.74 Å². The summed E-state index contributed by atoms with van der Waals surface area (Å²) in [5.41, 5.74) is 2.44. The van der Waals surface area contributed by atoms with Crippen molar-refractivity contribution >= 4 is 17.1 Å². The topological polar surface area (TPSA) is 97.1 Å². The number of hydrogen-bond acceptors (Lipinski definition) is 6. The highest BCUT2D eigenvalue weighted by Gasteiger charge is 2.31. The fourth-order valence-electron chi connectivity index (χ4n) is 3.96. The van der Waals surface area contributed by atoms with E-state index in [4.69, 9.17) is 9.47 Å². The van der Waals surface area contributed by atoms with E-state index in [-0.39, 0.29) is 6.61 Å². The van der Waals surface area contributed by atoms with Crippen molar-refractivity contribution in [3.8, 4) is 22.9 Å². The number of ether oxygens (including phenoxy) is 2. The molecule has 0 saturated carbocycles. The predicted molar refractivity (Wildman–Crippen MR) is 132 cm³/mol. The average Bonchev–Trinajstić information content (AvgIpc) is 2.75. The van der Waals surface area contributed by atoms with Gasteiger partial charge in [-0.1, -0.05) is 19.9 Å². The molecular weight excluding hydrogens is 428 g/mol. The SMILES string of the molecule is CC(C)CC(C)(COc1ccc(-c2ccnc3cccnc23)cc1C#N)NC(=O)OC(C)(C)C. The quantitative estimate of drug-likeness (QED) is 0.473. The summed E-state index contributed by atoms with van der Waals surface area (Å²) in [6.07, 6.45) is 3.65. The van der Waals surface area contributed by atoms with Crippen LogP contribution in [0.25, 0.3) is 22.2 Å². The fraction of sp³-hybridized carbons (Fsp3) is 0.407. The number of fused-ring (bicyclic) bond motifs is 1. The van der Waals surface area contributed by atoms with Crippen LogP contribution in [0.15, 0.2) is 48.8 Å².